The van der Waals surface area contributed by atoms with Crippen molar-refractivity contribution in [1.29, 1.82) is 5.26 Å². The van der Waals surface area contributed by atoms with Gasteiger partial charge in [-0.3, -0.25) is 0 Å². The molecule has 96 valence electrons. The van der Waals surface area contributed by atoms with Crippen molar-refractivity contribution in [3.8, 4) is 6.07 Å². The van der Waals surface area contributed by atoms with Crippen molar-refractivity contribution in [1.82, 2.24) is 0 Å². The molecule has 0 heterocycles. The van der Waals surface area contributed by atoms with Gasteiger partial charge in [0.05, 0.1) is 11.1 Å². The van der Waals surface area contributed by atoms with Crippen LogP contribution >= 0.6 is 27.5 Å². The summed E-state index contributed by atoms with van der Waals surface area (Å²) in [4.78, 5) is 0. The Morgan fingerprint density at radius 3 is 2.44 bits per heavy atom. The molecule has 4 heteroatoms. The Bertz CT molecular complexity index is 459. The molecule has 2 nitrogen and oxygen atoms in total. The standard InChI is InChI=1S/C14H16BrClN2/c15-12-9-11(5-6-13(12)16)18-14(10-17)7-3-1-2-4-8-14/h5-6,9,18H,1-4,7-8H2. The van der Waals surface area contributed by atoms with Gasteiger partial charge in [0.1, 0.15) is 5.54 Å². The summed E-state index contributed by atoms with van der Waals surface area (Å²) in [6.07, 6.45) is 6.54. The van der Waals surface area contributed by atoms with Crippen LogP contribution in [-0.4, -0.2) is 5.54 Å². The molecule has 0 aliphatic heterocycles. The third-order valence-corrected chi connectivity index (χ3v) is 4.69. The zero-order chi connectivity index (χ0) is 13.0. The maximum atomic E-state index is 9.50. The molecule has 0 amide bonds. The van der Waals surface area contributed by atoms with E-state index < -0.39 is 5.54 Å². The molecule has 1 aliphatic rings. The lowest BCUT2D eigenvalue weighted by molar-refractivity contribution is 0.510. The topological polar surface area (TPSA) is 35.8 Å². The number of hydrogen-bond donors (Lipinski definition) is 1. The summed E-state index contributed by atoms with van der Waals surface area (Å²) in [5, 5.41) is 13.6. The number of nitriles is 1. The number of halogens is 2. The van der Waals surface area contributed by atoms with Crippen molar-refractivity contribution >= 4 is 33.2 Å². The highest BCUT2D eigenvalue weighted by atomic mass is 79.9. The summed E-state index contributed by atoms with van der Waals surface area (Å²) in [7, 11) is 0. The molecule has 0 aromatic heterocycles. The highest BCUT2D eigenvalue weighted by Crippen LogP contribution is 2.32. The quantitative estimate of drug-likeness (QED) is 0.764. The summed E-state index contributed by atoms with van der Waals surface area (Å²) in [6, 6.07) is 8.19. The Morgan fingerprint density at radius 1 is 1.22 bits per heavy atom. The van der Waals surface area contributed by atoms with Gasteiger partial charge in [-0.15, -0.1) is 0 Å². The van der Waals surface area contributed by atoms with E-state index in [1.54, 1.807) is 0 Å². The lowest BCUT2D eigenvalue weighted by atomic mass is 9.91. The summed E-state index contributed by atoms with van der Waals surface area (Å²) >= 11 is 9.39. The van der Waals surface area contributed by atoms with Crippen molar-refractivity contribution in [2.45, 2.75) is 44.1 Å². The molecular weight excluding hydrogens is 312 g/mol. The molecule has 0 radical (unpaired) electrons. The molecule has 2 rings (SSSR count). The molecule has 0 bridgehead atoms. The van der Waals surface area contributed by atoms with Crippen molar-refractivity contribution in [2.24, 2.45) is 0 Å². The number of nitrogens with one attached hydrogen (secondary N) is 1. The van der Waals surface area contributed by atoms with Crippen molar-refractivity contribution in [3.63, 3.8) is 0 Å². The van der Waals surface area contributed by atoms with Crippen molar-refractivity contribution in [2.75, 3.05) is 5.32 Å². The Morgan fingerprint density at radius 2 is 1.89 bits per heavy atom. The van der Waals surface area contributed by atoms with Crippen LogP contribution in [0.4, 0.5) is 5.69 Å². The molecule has 18 heavy (non-hydrogen) atoms. The van der Waals surface area contributed by atoms with Crippen LogP contribution in [0.25, 0.3) is 0 Å². The zero-order valence-corrected chi connectivity index (χ0v) is 12.5. The fourth-order valence-electron chi connectivity index (χ4n) is 2.45. The number of hydrogen-bond acceptors (Lipinski definition) is 2. The molecule has 0 saturated heterocycles. The van der Waals surface area contributed by atoms with E-state index in [0.29, 0.717) is 5.02 Å². The van der Waals surface area contributed by atoms with Gasteiger partial charge in [0.25, 0.3) is 0 Å². The molecular formula is C14H16BrClN2. The lowest BCUT2D eigenvalue weighted by Crippen LogP contribution is -2.35. The Kier molecular flexibility index (Phi) is 4.53. The van der Waals surface area contributed by atoms with E-state index in [9.17, 15) is 5.26 Å². The first-order chi connectivity index (χ1) is 8.65. The van der Waals surface area contributed by atoms with Crippen molar-refractivity contribution in [3.05, 3.63) is 27.7 Å². The summed E-state index contributed by atoms with van der Waals surface area (Å²) in [5.41, 5.74) is 0.541. The zero-order valence-electron chi connectivity index (χ0n) is 10.2. The van der Waals surface area contributed by atoms with Crippen LogP contribution in [-0.2, 0) is 0 Å². The van der Waals surface area contributed by atoms with E-state index in [2.05, 4.69) is 27.3 Å². The summed E-state index contributed by atoms with van der Waals surface area (Å²) in [5.74, 6) is 0. The van der Waals surface area contributed by atoms with Crippen LogP contribution < -0.4 is 5.32 Å². The van der Waals surface area contributed by atoms with Gasteiger partial charge in [0.15, 0.2) is 0 Å². The smallest absolute Gasteiger partial charge is 0.125 e. The molecule has 1 fully saturated rings. The molecule has 1 aromatic rings. The van der Waals surface area contributed by atoms with Crippen LogP contribution in [0.3, 0.4) is 0 Å². The predicted octanol–water partition coefficient (Wildman–Crippen LogP) is 5.13. The summed E-state index contributed by atoms with van der Waals surface area (Å²) in [6.45, 7) is 0. The number of benzene rings is 1. The SMILES string of the molecule is N#CC1(Nc2ccc(Cl)c(Br)c2)CCCCCC1. The van der Waals surface area contributed by atoms with E-state index in [4.69, 9.17) is 11.6 Å². The van der Waals surface area contributed by atoms with E-state index in [0.717, 1.165) is 35.8 Å². The largest absolute Gasteiger partial charge is 0.367 e. The summed E-state index contributed by atoms with van der Waals surface area (Å²) < 4.78 is 0.857. The first-order valence-electron chi connectivity index (χ1n) is 6.30. The second-order valence-electron chi connectivity index (χ2n) is 4.86. The lowest BCUT2D eigenvalue weighted by Gasteiger charge is -2.27. The fourth-order valence-corrected chi connectivity index (χ4v) is 2.94. The maximum Gasteiger partial charge on any atom is 0.125 e. The third kappa shape index (κ3) is 3.18. The minimum atomic E-state index is -0.413. The Balaban J connectivity index is 2.18. The van der Waals surface area contributed by atoms with E-state index in [1.165, 1.54) is 12.8 Å². The van der Waals surface area contributed by atoms with Crippen LogP contribution in [0.2, 0.25) is 5.02 Å². The molecule has 1 N–H and O–H groups in total. The van der Waals surface area contributed by atoms with E-state index in [1.807, 2.05) is 18.2 Å². The highest BCUT2D eigenvalue weighted by Gasteiger charge is 2.30. The first-order valence-corrected chi connectivity index (χ1v) is 7.47. The number of rotatable bonds is 2. The van der Waals surface area contributed by atoms with Crippen molar-refractivity contribution < 1.29 is 0 Å². The maximum absolute atomic E-state index is 9.50. The van der Waals surface area contributed by atoms with Gasteiger partial charge in [-0.1, -0.05) is 37.3 Å². The van der Waals surface area contributed by atoms with Crippen LogP contribution in [0.5, 0.6) is 0 Å². The van der Waals surface area contributed by atoms with Crippen LogP contribution in [0.15, 0.2) is 22.7 Å². The van der Waals surface area contributed by atoms with Gasteiger partial charge in [-0.2, -0.15) is 5.26 Å². The minimum Gasteiger partial charge on any atom is -0.367 e. The van der Waals surface area contributed by atoms with Gasteiger partial charge >= 0.3 is 0 Å². The number of anilines is 1. The molecule has 0 unspecified atom stereocenters. The monoisotopic (exact) mass is 326 g/mol. The van der Waals surface area contributed by atoms with Crippen LogP contribution in [0, 0.1) is 11.3 Å². The molecule has 0 spiro atoms. The average Bonchev–Trinajstić information content (AvgIpc) is 2.60. The normalized spacial score (nSPS) is 18.7. The van der Waals surface area contributed by atoms with Gasteiger partial charge in [-0.05, 0) is 47.0 Å². The first kappa shape index (κ1) is 13.7. The fraction of sp³-hybridized carbons (Fsp3) is 0.500. The van der Waals surface area contributed by atoms with Gasteiger partial charge in [-0.25, -0.2) is 0 Å². The number of nitrogens with zero attached hydrogens (tertiary/aromatic N) is 1. The second kappa shape index (κ2) is 5.95. The highest BCUT2D eigenvalue weighted by molar-refractivity contribution is 9.10. The minimum absolute atomic E-state index is 0.413. The van der Waals surface area contributed by atoms with Gasteiger partial charge < -0.3 is 5.32 Å². The van der Waals surface area contributed by atoms with E-state index >= 15 is 0 Å². The molecule has 1 saturated carbocycles. The molecule has 1 aromatic carbocycles. The molecule has 1 aliphatic carbocycles. The van der Waals surface area contributed by atoms with Crippen LogP contribution in [0.1, 0.15) is 38.5 Å². The van der Waals surface area contributed by atoms with Gasteiger partial charge in [0, 0.05) is 10.2 Å². The van der Waals surface area contributed by atoms with E-state index in [-0.39, 0.29) is 0 Å². The Labute approximate surface area is 121 Å². The third-order valence-electron chi connectivity index (χ3n) is 3.47. The molecule has 0 atom stereocenters. The predicted molar refractivity (Wildman–Crippen MR) is 78.8 cm³/mol. The average molecular weight is 328 g/mol. The van der Waals surface area contributed by atoms with Gasteiger partial charge in [0.2, 0.25) is 0 Å². The Hall–Kier alpha value is -0.720. The second-order valence-corrected chi connectivity index (χ2v) is 6.12.